The van der Waals surface area contributed by atoms with Gasteiger partial charge in [-0.05, 0) is 39.3 Å². The van der Waals surface area contributed by atoms with E-state index in [2.05, 4.69) is 10.6 Å². The molecule has 0 radical (unpaired) electrons. The summed E-state index contributed by atoms with van der Waals surface area (Å²) in [5.41, 5.74) is 0.409. The third kappa shape index (κ3) is 18.6. The van der Waals surface area contributed by atoms with Gasteiger partial charge in [-0.1, -0.05) is 6.07 Å². The zero-order valence-electron chi connectivity index (χ0n) is 32.9. The van der Waals surface area contributed by atoms with Crippen LogP contribution in [-0.4, -0.2) is 172 Å². The molecule has 56 heavy (non-hydrogen) atoms. The zero-order chi connectivity index (χ0) is 40.4. The number of fused-ring (bicyclic) bond motifs is 1. The average Bonchev–Trinajstić information content (AvgIpc) is 3.40. The standard InChI is InChI=1S/C38H59N3O15/c1-38(2,3)56-33(43)9-11-47-13-15-49-17-19-51-21-23-53-25-27-55-28-26-54-24-22-52-20-18-50-16-14-48-12-10-39-30-6-4-5-29-34(30)37(46)41(36(29)45)31-7-8-32(42)40-35(31)44/h4-6,31,39H,7-28H2,1-3H3,(H,40,42,44). The minimum Gasteiger partial charge on any atom is -0.460 e. The summed E-state index contributed by atoms with van der Waals surface area (Å²) >= 11 is 0. The number of benzene rings is 1. The fourth-order valence-corrected chi connectivity index (χ4v) is 5.33. The van der Waals surface area contributed by atoms with E-state index in [4.69, 9.17) is 47.4 Å². The third-order valence-corrected chi connectivity index (χ3v) is 7.88. The molecule has 2 N–H and O–H groups in total. The summed E-state index contributed by atoms with van der Waals surface area (Å²) in [6.45, 7) is 13.4. The van der Waals surface area contributed by atoms with Gasteiger partial charge in [0.2, 0.25) is 11.8 Å². The lowest BCUT2D eigenvalue weighted by atomic mass is 10.0. The van der Waals surface area contributed by atoms with Crippen molar-refractivity contribution in [3.8, 4) is 0 Å². The Bertz CT molecular complexity index is 1360. The number of nitrogens with zero attached hydrogens (tertiary/aromatic N) is 1. The number of carbonyl (C=O) groups excluding carboxylic acids is 5. The molecule has 1 unspecified atom stereocenters. The van der Waals surface area contributed by atoms with Crippen LogP contribution in [0.2, 0.25) is 0 Å². The molecule has 18 heteroatoms. The molecule has 1 aromatic rings. The Balaban J connectivity index is 1.02. The van der Waals surface area contributed by atoms with Crippen molar-refractivity contribution in [2.75, 3.05) is 131 Å². The number of imide groups is 2. The van der Waals surface area contributed by atoms with Crippen LogP contribution in [0.3, 0.4) is 0 Å². The van der Waals surface area contributed by atoms with Gasteiger partial charge in [0, 0.05) is 18.7 Å². The van der Waals surface area contributed by atoms with Gasteiger partial charge in [-0.2, -0.15) is 0 Å². The molecule has 0 saturated carbocycles. The van der Waals surface area contributed by atoms with E-state index in [0.29, 0.717) is 131 Å². The molecular weight excluding hydrogens is 738 g/mol. The summed E-state index contributed by atoms with van der Waals surface area (Å²) in [6.07, 6.45) is 0.380. The first-order chi connectivity index (χ1) is 27.1. The maximum absolute atomic E-state index is 13.2. The summed E-state index contributed by atoms with van der Waals surface area (Å²) in [5, 5.41) is 5.32. The highest BCUT2D eigenvalue weighted by Crippen LogP contribution is 2.32. The normalized spacial score (nSPS) is 15.7. The Kier molecular flexibility index (Phi) is 22.7. The second-order valence-corrected chi connectivity index (χ2v) is 13.4. The number of ether oxygens (including phenoxy) is 10. The SMILES string of the molecule is CC(C)(C)OC(=O)CCOCCOCCOCCOCCOCCOCCOCCOCCOCCNc1cccc2c1C(=O)N(C1CCC(=O)NC1=O)C2=O. The molecule has 316 valence electrons. The highest BCUT2D eigenvalue weighted by molar-refractivity contribution is 6.25. The molecule has 3 rings (SSSR count). The maximum Gasteiger partial charge on any atom is 0.308 e. The van der Waals surface area contributed by atoms with Crippen molar-refractivity contribution in [1.29, 1.82) is 0 Å². The van der Waals surface area contributed by atoms with E-state index in [0.717, 1.165) is 4.90 Å². The summed E-state index contributed by atoms with van der Waals surface area (Å²) in [7, 11) is 0. The summed E-state index contributed by atoms with van der Waals surface area (Å²) in [6, 6.07) is 3.89. The van der Waals surface area contributed by atoms with Crippen molar-refractivity contribution < 1.29 is 71.3 Å². The number of piperidine rings is 1. The van der Waals surface area contributed by atoms with Gasteiger partial charge in [0.15, 0.2) is 0 Å². The monoisotopic (exact) mass is 797 g/mol. The number of hydrogen-bond acceptors (Lipinski definition) is 16. The van der Waals surface area contributed by atoms with Gasteiger partial charge in [-0.3, -0.25) is 34.2 Å². The Morgan fingerprint density at radius 1 is 0.661 bits per heavy atom. The van der Waals surface area contributed by atoms with Crippen LogP contribution in [0, 0.1) is 0 Å². The zero-order valence-corrected chi connectivity index (χ0v) is 32.9. The summed E-state index contributed by atoms with van der Waals surface area (Å²) < 4.78 is 54.5. The molecule has 0 aliphatic carbocycles. The molecule has 0 bridgehead atoms. The second-order valence-electron chi connectivity index (χ2n) is 13.4. The fraction of sp³-hybridized carbons (Fsp3) is 0.711. The summed E-state index contributed by atoms with van der Waals surface area (Å²) in [4.78, 5) is 62.4. The number of amides is 4. The topological polar surface area (TPSA) is 205 Å². The first-order valence-corrected chi connectivity index (χ1v) is 19.1. The van der Waals surface area contributed by atoms with Crippen molar-refractivity contribution in [2.45, 2.75) is 51.7 Å². The van der Waals surface area contributed by atoms with Crippen molar-refractivity contribution >= 4 is 35.3 Å². The van der Waals surface area contributed by atoms with Crippen LogP contribution in [0.4, 0.5) is 5.69 Å². The molecule has 18 nitrogen and oxygen atoms in total. The van der Waals surface area contributed by atoms with Crippen molar-refractivity contribution in [3.63, 3.8) is 0 Å². The molecule has 0 aromatic heterocycles. The van der Waals surface area contributed by atoms with Gasteiger partial charge in [-0.15, -0.1) is 0 Å². The van der Waals surface area contributed by atoms with E-state index in [-0.39, 0.29) is 36.4 Å². The Morgan fingerprint density at radius 3 is 1.55 bits per heavy atom. The Labute approximate surface area is 328 Å². The molecule has 0 spiro atoms. The van der Waals surface area contributed by atoms with Crippen LogP contribution in [0.25, 0.3) is 0 Å². The van der Waals surface area contributed by atoms with Crippen LogP contribution in [0.5, 0.6) is 0 Å². The molecule has 1 saturated heterocycles. The molecule has 4 amide bonds. The largest absolute Gasteiger partial charge is 0.460 e. The van der Waals surface area contributed by atoms with Crippen LogP contribution in [0.1, 0.15) is 60.7 Å². The van der Waals surface area contributed by atoms with E-state index >= 15 is 0 Å². The van der Waals surface area contributed by atoms with Crippen LogP contribution in [0.15, 0.2) is 18.2 Å². The highest BCUT2D eigenvalue weighted by atomic mass is 16.6. The van der Waals surface area contributed by atoms with Crippen LogP contribution < -0.4 is 10.6 Å². The first kappa shape index (κ1) is 46.8. The van der Waals surface area contributed by atoms with E-state index in [9.17, 15) is 24.0 Å². The molecule has 2 aliphatic heterocycles. The van der Waals surface area contributed by atoms with Crippen molar-refractivity contribution in [2.24, 2.45) is 0 Å². The number of hydrogen-bond donors (Lipinski definition) is 2. The molecule has 1 fully saturated rings. The number of rotatable bonds is 32. The number of nitrogens with one attached hydrogen (secondary N) is 2. The Hall–Kier alpha value is -3.59. The van der Waals surface area contributed by atoms with Crippen molar-refractivity contribution in [3.05, 3.63) is 29.3 Å². The van der Waals surface area contributed by atoms with E-state index < -0.39 is 35.3 Å². The fourth-order valence-electron chi connectivity index (χ4n) is 5.33. The van der Waals surface area contributed by atoms with Gasteiger partial charge in [0.05, 0.1) is 136 Å². The molecule has 2 aliphatic rings. The van der Waals surface area contributed by atoms with Gasteiger partial charge >= 0.3 is 5.97 Å². The highest BCUT2D eigenvalue weighted by Gasteiger charge is 2.45. The van der Waals surface area contributed by atoms with Crippen LogP contribution >= 0.6 is 0 Å². The molecule has 1 aromatic carbocycles. The van der Waals surface area contributed by atoms with E-state index in [1.807, 2.05) is 20.8 Å². The second kappa shape index (κ2) is 27.1. The molecule has 2 heterocycles. The lowest BCUT2D eigenvalue weighted by Crippen LogP contribution is -2.54. The Morgan fingerprint density at radius 2 is 1.11 bits per heavy atom. The predicted octanol–water partition coefficient (Wildman–Crippen LogP) is 1.38. The molecular formula is C38H59N3O15. The number of carbonyl (C=O) groups is 5. The third-order valence-electron chi connectivity index (χ3n) is 7.88. The minimum atomic E-state index is -1.01. The maximum atomic E-state index is 13.2. The van der Waals surface area contributed by atoms with Crippen molar-refractivity contribution in [1.82, 2.24) is 10.2 Å². The van der Waals surface area contributed by atoms with Gasteiger partial charge in [-0.25, -0.2) is 0 Å². The van der Waals surface area contributed by atoms with E-state index in [1.165, 1.54) is 0 Å². The summed E-state index contributed by atoms with van der Waals surface area (Å²) in [5.74, 6) is -2.46. The quantitative estimate of drug-likeness (QED) is 0.0600. The average molecular weight is 798 g/mol. The van der Waals surface area contributed by atoms with Crippen LogP contribution in [-0.2, 0) is 61.8 Å². The lowest BCUT2D eigenvalue weighted by molar-refractivity contribution is -0.156. The van der Waals surface area contributed by atoms with Gasteiger partial charge in [0.25, 0.3) is 11.8 Å². The first-order valence-electron chi connectivity index (χ1n) is 19.1. The number of anilines is 1. The molecule has 1 atom stereocenters. The van der Waals surface area contributed by atoms with Gasteiger partial charge < -0.3 is 52.7 Å². The van der Waals surface area contributed by atoms with E-state index in [1.54, 1.807) is 18.2 Å². The van der Waals surface area contributed by atoms with Gasteiger partial charge in [0.1, 0.15) is 11.6 Å². The smallest absolute Gasteiger partial charge is 0.308 e. The lowest BCUT2D eigenvalue weighted by Gasteiger charge is -2.27. The number of esters is 1. The minimum absolute atomic E-state index is 0.0628. The predicted molar refractivity (Wildman–Crippen MR) is 199 cm³/mol.